The highest BCUT2D eigenvalue weighted by Gasteiger charge is 2.13. The van der Waals surface area contributed by atoms with Gasteiger partial charge in [0.25, 0.3) is 5.91 Å². The summed E-state index contributed by atoms with van der Waals surface area (Å²) in [7, 11) is 4.04. The van der Waals surface area contributed by atoms with E-state index in [9.17, 15) is 4.79 Å². The molecule has 156 valence electrons. The Morgan fingerprint density at radius 3 is 2.61 bits per heavy atom. The highest BCUT2D eigenvalue weighted by molar-refractivity contribution is 7.14. The SMILES string of the molecule is CN(C)c1ccc(/C=C/c2csc(NC(=O)c3cccn3Cc3ccncc3)n2)cc1. The van der Waals surface area contributed by atoms with Gasteiger partial charge in [0.05, 0.1) is 5.69 Å². The number of benzene rings is 1. The second-order valence-corrected chi connectivity index (χ2v) is 8.09. The minimum absolute atomic E-state index is 0.178. The fourth-order valence-electron chi connectivity index (χ4n) is 3.09. The zero-order valence-electron chi connectivity index (χ0n) is 17.4. The van der Waals surface area contributed by atoms with Crippen molar-refractivity contribution in [3.63, 3.8) is 0 Å². The number of carbonyl (C=O) groups excluding carboxylic acids is 1. The summed E-state index contributed by atoms with van der Waals surface area (Å²) in [6.07, 6.45) is 9.36. The number of nitrogens with one attached hydrogen (secondary N) is 1. The van der Waals surface area contributed by atoms with Crippen molar-refractivity contribution in [3.8, 4) is 0 Å². The van der Waals surface area contributed by atoms with Crippen molar-refractivity contribution in [2.45, 2.75) is 6.54 Å². The molecule has 0 aliphatic rings. The average molecular weight is 430 g/mol. The van der Waals surface area contributed by atoms with Crippen LogP contribution in [0.15, 0.2) is 72.5 Å². The maximum absolute atomic E-state index is 12.8. The minimum Gasteiger partial charge on any atom is -0.378 e. The van der Waals surface area contributed by atoms with Crippen molar-refractivity contribution < 1.29 is 4.79 Å². The van der Waals surface area contributed by atoms with Gasteiger partial charge in [-0.1, -0.05) is 18.2 Å². The largest absolute Gasteiger partial charge is 0.378 e. The lowest BCUT2D eigenvalue weighted by Crippen LogP contribution is -2.17. The van der Waals surface area contributed by atoms with Crippen molar-refractivity contribution in [1.29, 1.82) is 0 Å². The topological polar surface area (TPSA) is 63.1 Å². The van der Waals surface area contributed by atoms with Crippen LogP contribution in [-0.2, 0) is 6.54 Å². The molecule has 4 aromatic rings. The monoisotopic (exact) mass is 429 g/mol. The van der Waals surface area contributed by atoms with E-state index in [2.05, 4.69) is 44.5 Å². The zero-order valence-corrected chi connectivity index (χ0v) is 18.2. The summed E-state index contributed by atoms with van der Waals surface area (Å²) in [6.45, 7) is 0.608. The lowest BCUT2D eigenvalue weighted by Gasteiger charge is -2.11. The van der Waals surface area contributed by atoms with Crippen LogP contribution in [0.4, 0.5) is 10.8 Å². The Morgan fingerprint density at radius 2 is 1.87 bits per heavy atom. The molecule has 0 atom stereocenters. The highest BCUT2D eigenvalue weighted by atomic mass is 32.1. The molecule has 0 bridgehead atoms. The van der Waals surface area contributed by atoms with Gasteiger partial charge in [0.2, 0.25) is 0 Å². The summed E-state index contributed by atoms with van der Waals surface area (Å²) in [5.41, 5.74) is 4.73. The van der Waals surface area contributed by atoms with Crippen molar-refractivity contribution in [2.24, 2.45) is 0 Å². The number of thiazole rings is 1. The van der Waals surface area contributed by atoms with Gasteiger partial charge in [0.15, 0.2) is 5.13 Å². The lowest BCUT2D eigenvalue weighted by molar-refractivity contribution is 0.101. The summed E-state index contributed by atoms with van der Waals surface area (Å²) in [5.74, 6) is -0.178. The maximum Gasteiger partial charge on any atom is 0.274 e. The summed E-state index contributed by atoms with van der Waals surface area (Å²) >= 11 is 1.41. The molecule has 31 heavy (non-hydrogen) atoms. The molecule has 3 aromatic heterocycles. The number of hydrogen-bond acceptors (Lipinski definition) is 5. The maximum atomic E-state index is 12.8. The summed E-state index contributed by atoms with van der Waals surface area (Å²) in [5, 5.41) is 5.41. The first-order valence-electron chi connectivity index (χ1n) is 9.85. The molecule has 0 spiro atoms. The summed E-state index contributed by atoms with van der Waals surface area (Å²) in [6, 6.07) is 15.8. The third-order valence-electron chi connectivity index (χ3n) is 4.76. The van der Waals surface area contributed by atoms with Crippen LogP contribution in [0, 0.1) is 0 Å². The fourth-order valence-corrected chi connectivity index (χ4v) is 3.76. The normalized spacial score (nSPS) is 11.0. The summed E-state index contributed by atoms with van der Waals surface area (Å²) < 4.78 is 1.91. The van der Waals surface area contributed by atoms with Crippen LogP contribution in [0.3, 0.4) is 0 Å². The third-order valence-corrected chi connectivity index (χ3v) is 5.54. The predicted octanol–water partition coefficient (Wildman–Crippen LogP) is 4.88. The zero-order chi connectivity index (χ0) is 21.6. The molecule has 1 amide bonds. The molecule has 1 N–H and O–H groups in total. The Kier molecular flexibility index (Phi) is 6.24. The van der Waals surface area contributed by atoms with Crippen molar-refractivity contribution in [1.82, 2.24) is 14.5 Å². The second-order valence-electron chi connectivity index (χ2n) is 7.23. The first-order valence-corrected chi connectivity index (χ1v) is 10.7. The van der Waals surface area contributed by atoms with Crippen LogP contribution in [0.25, 0.3) is 12.2 Å². The van der Waals surface area contributed by atoms with Crippen molar-refractivity contribution in [2.75, 3.05) is 24.3 Å². The number of rotatable bonds is 7. The van der Waals surface area contributed by atoms with Gasteiger partial charge in [0.1, 0.15) is 5.69 Å². The predicted molar refractivity (Wildman–Crippen MR) is 128 cm³/mol. The number of carbonyl (C=O) groups is 1. The van der Waals surface area contributed by atoms with Crippen LogP contribution >= 0.6 is 11.3 Å². The number of aromatic nitrogens is 3. The molecule has 0 unspecified atom stereocenters. The molecule has 6 nitrogen and oxygen atoms in total. The molecule has 4 rings (SSSR count). The van der Waals surface area contributed by atoms with Gasteiger partial charge >= 0.3 is 0 Å². The number of nitrogens with zero attached hydrogens (tertiary/aromatic N) is 4. The number of anilines is 2. The number of hydrogen-bond donors (Lipinski definition) is 1. The van der Waals surface area contributed by atoms with Crippen LogP contribution in [-0.4, -0.2) is 34.5 Å². The molecule has 0 saturated carbocycles. The molecule has 0 saturated heterocycles. The Labute approximate surface area is 185 Å². The van der Waals surface area contributed by atoms with E-state index in [4.69, 9.17) is 0 Å². The Morgan fingerprint density at radius 1 is 1.10 bits per heavy atom. The van der Waals surface area contributed by atoms with Crippen LogP contribution in [0.5, 0.6) is 0 Å². The van der Waals surface area contributed by atoms with Gasteiger partial charge in [-0.25, -0.2) is 4.98 Å². The molecule has 0 radical (unpaired) electrons. The van der Waals surface area contributed by atoms with Gasteiger partial charge in [0, 0.05) is 50.3 Å². The van der Waals surface area contributed by atoms with Gasteiger partial charge in [-0.05, 0) is 53.6 Å². The van der Waals surface area contributed by atoms with Crippen LogP contribution < -0.4 is 10.2 Å². The molecule has 0 aliphatic heterocycles. The summed E-state index contributed by atoms with van der Waals surface area (Å²) in [4.78, 5) is 23.4. The van der Waals surface area contributed by atoms with Crippen LogP contribution in [0.1, 0.15) is 27.3 Å². The molecule has 3 heterocycles. The molecular weight excluding hydrogens is 406 g/mol. The second kappa shape index (κ2) is 9.40. The van der Waals surface area contributed by atoms with E-state index in [-0.39, 0.29) is 5.91 Å². The number of amides is 1. The van der Waals surface area contributed by atoms with Crippen LogP contribution in [0.2, 0.25) is 0 Å². The minimum atomic E-state index is -0.178. The van der Waals surface area contributed by atoms with E-state index in [1.807, 2.05) is 66.7 Å². The molecule has 7 heteroatoms. The van der Waals surface area contributed by atoms with Gasteiger partial charge in [-0.2, -0.15) is 0 Å². The van der Waals surface area contributed by atoms with Crippen molar-refractivity contribution in [3.05, 3.63) is 95.0 Å². The quantitative estimate of drug-likeness (QED) is 0.455. The third kappa shape index (κ3) is 5.26. The van der Waals surface area contributed by atoms with E-state index in [1.54, 1.807) is 12.4 Å². The van der Waals surface area contributed by atoms with E-state index >= 15 is 0 Å². The fraction of sp³-hybridized carbons (Fsp3) is 0.125. The Hall–Kier alpha value is -3.71. The highest BCUT2D eigenvalue weighted by Crippen LogP contribution is 2.20. The lowest BCUT2D eigenvalue weighted by atomic mass is 10.2. The standard InChI is InChI=1S/C24H23N5OS/c1-28(2)21-9-6-18(7-10-21)5-8-20-17-31-24(26-20)27-23(30)22-4-3-15-29(22)16-19-11-13-25-14-12-19/h3-15,17H,16H2,1-2H3,(H,26,27,30)/b8-5+. The van der Waals surface area contributed by atoms with Gasteiger partial charge in [-0.3, -0.25) is 15.1 Å². The molecule has 0 fully saturated rings. The van der Waals surface area contributed by atoms with E-state index in [0.29, 0.717) is 17.4 Å². The van der Waals surface area contributed by atoms with E-state index < -0.39 is 0 Å². The van der Waals surface area contributed by atoms with Crippen molar-refractivity contribution >= 4 is 40.2 Å². The van der Waals surface area contributed by atoms with E-state index in [1.165, 1.54) is 11.3 Å². The average Bonchev–Trinajstić information content (AvgIpc) is 3.42. The van der Waals surface area contributed by atoms with Gasteiger partial charge in [-0.15, -0.1) is 11.3 Å². The Bertz CT molecular complexity index is 1180. The first-order chi connectivity index (χ1) is 15.1. The number of pyridine rings is 1. The Balaban J connectivity index is 1.40. The van der Waals surface area contributed by atoms with E-state index in [0.717, 1.165) is 22.5 Å². The molecular formula is C24H23N5OS. The molecule has 0 aliphatic carbocycles. The smallest absolute Gasteiger partial charge is 0.274 e. The molecule has 1 aromatic carbocycles. The first kappa shape index (κ1) is 20.6. The van der Waals surface area contributed by atoms with Gasteiger partial charge < -0.3 is 9.47 Å².